The lowest BCUT2D eigenvalue weighted by molar-refractivity contribution is -0.122. The highest BCUT2D eigenvalue weighted by Crippen LogP contribution is 2.21. The maximum Gasteiger partial charge on any atom is 0.254 e. The third-order valence-corrected chi connectivity index (χ3v) is 3.56. The largest absolute Gasteiger partial charge is 0.350 e. The molecule has 0 aromatic heterocycles. The van der Waals surface area contributed by atoms with Gasteiger partial charge >= 0.3 is 0 Å². The summed E-state index contributed by atoms with van der Waals surface area (Å²) in [4.78, 5) is 25.7. The van der Waals surface area contributed by atoms with Crippen LogP contribution in [0.5, 0.6) is 0 Å². The standard InChI is InChI=1S/C17H16N2O2/c20-16(18-10-13-6-2-1-3-7-13)12-19-11-14-8-4-5-9-15(14)17(19)21/h1-9H,10-12H2,(H,18,20). The highest BCUT2D eigenvalue weighted by molar-refractivity contribution is 6.00. The monoisotopic (exact) mass is 280 g/mol. The number of amides is 2. The van der Waals surface area contributed by atoms with Gasteiger partial charge in [0.25, 0.3) is 5.91 Å². The summed E-state index contributed by atoms with van der Waals surface area (Å²) in [7, 11) is 0. The van der Waals surface area contributed by atoms with Crippen LogP contribution in [0.1, 0.15) is 21.5 Å². The summed E-state index contributed by atoms with van der Waals surface area (Å²) in [5.41, 5.74) is 2.73. The van der Waals surface area contributed by atoms with Crippen molar-refractivity contribution in [2.24, 2.45) is 0 Å². The molecule has 4 nitrogen and oxygen atoms in total. The maximum atomic E-state index is 12.2. The second-order valence-corrected chi connectivity index (χ2v) is 5.08. The molecule has 0 fully saturated rings. The predicted octanol–water partition coefficient (Wildman–Crippen LogP) is 1.96. The van der Waals surface area contributed by atoms with E-state index in [1.165, 1.54) is 0 Å². The smallest absolute Gasteiger partial charge is 0.254 e. The van der Waals surface area contributed by atoms with Crippen molar-refractivity contribution in [3.05, 3.63) is 71.3 Å². The van der Waals surface area contributed by atoms with Crippen LogP contribution in [0.3, 0.4) is 0 Å². The van der Waals surface area contributed by atoms with Gasteiger partial charge in [0.15, 0.2) is 0 Å². The van der Waals surface area contributed by atoms with E-state index in [9.17, 15) is 9.59 Å². The van der Waals surface area contributed by atoms with Crippen LogP contribution in [-0.2, 0) is 17.9 Å². The first-order valence-corrected chi connectivity index (χ1v) is 6.92. The van der Waals surface area contributed by atoms with Gasteiger partial charge < -0.3 is 10.2 Å². The van der Waals surface area contributed by atoms with Crippen LogP contribution >= 0.6 is 0 Å². The van der Waals surface area contributed by atoms with Gasteiger partial charge in [-0.15, -0.1) is 0 Å². The van der Waals surface area contributed by atoms with Crippen molar-refractivity contribution in [2.75, 3.05) is 6.54 Å². The summed E-state index contributed by atoms with van der Waals surface area (Å²) < 4.78 is 0. The third-order valence-electron chi connectivity index (χ3n) is 3.56. The number of nitrogens with zero attached hydrogens (tertiary/aromatic N) is 1. The summed E-state index contributed by atoms with van der Waals surface area (Å²) >= 11 is 0. The number of nitrogens with one attached hydrogen (secondary N) is 1. The van der Waals surface area contributed by atoms with Gasteiger partial charge in [-0.05, 0) is 17.2 Å². The van der Waals surface area contributed by atoms with Crippen molar-refractivity contribution < 1.29 is 9.59 Å². The number of carbonyl (C=O) groups is 2. The lowest BCUT2D eigenvalue weighted by atomic mass is 10.1. The second-order valence-electron chi connectivity index (χ2n) is 5.08. The molecule has 2 aromatic rings. The minimum absolute atomic E-state index is 0.0690. The molecule has 0 aliphatic carbocycles. The highest BCUT2D eigenvalue weighted by Gasteiger charge is 2.27. The Labute approximate surface area is 123 Å². The Balaban J connectivity index is 1.56. The Hall–Kier alpha value is -2.62. The maximum absolute atomic E-state index is 12.2. The molecule has 1 aliphatic heterocycles. The van der Waals surface area contributed by atoms with Crippen molar-refractivity contribution in [2.45, 2.75) is 13.1 Å². The molecule has 4 heteroatoms. The molecule has 0 spiro atoms. The molecule has 106 valence electrons. The molecule has 0 radical (unpaired) electrons. The van der Waals surface area contributed by atoms with Gasteiger partial charge in [-0.25, -0.2) is 0 Å². The number of rotatable bonds is 4. The van der Waals surface area contributed by atoms with Gasteiger partial charge in [0, 0.05) is 18.7 Å². The van der Waals surface area contributed by atoms with Crippen LogP contribution < -0.4 is 5.32 Å². The average Bonchev–Trinajstić information content (AvgIpc) is 2.83. The van der Waals surface area contributed by atoms with E-state index in [1.54, 1.807) is 11.0 Å². The van der Waals surface area contributed by atoms with Crippen LogP contribution in [0.25, 0.3) is 0 Å². The fraction of sp³-hybridized carbons (Fsp3) is 0.176. The van der Waals surface area contributed by atoms with Crippen molar-refractivity contribution in [3.63, 3.8) is 0 Å². The topological polar surface area (TPSA) is 49.4 Å². The van der Waals surface area contributed by atoms with E-state index in [0.717, 1.165) is 11.1 Å². The summed E-state index contributed by atoms with van der Waals surface area (Å²) in [6.07, 6.45) is 0. The zero-order chi connectivity index (χ0) is 14.7. The van der Waals surface area contributed by atoms with Gasteiger partial charge in [0.2, 0.25) is 5.91 Å². The summed E-state index contributed by atoms with van der Waals surface area (Å²) in [5.74, 6) is -0.208. The lowest BCUT2D eigenvalue weighted by Crippen LogP contribution is -2.37. The molecule has 0 saturated heterocycles. The van der Waals surface area contributed by atoms with Gasteiger partial charge in [0.05, 0.1) is 0 Å². The SMILES string of the molecule is O=C(CN1Cc2ccccc2C1=O)NCc1ccccc1. The molecule has 0 unspecified atom stereocenters. The van der Waals surface area contributed by atoms with E-state index >= 15 is 0 Å². The Morgan fingerprint density at radius 3 is 2.52 bits per heavy atom. The van der Waals surface area contributed by atoms with Crippen molar-refractivity contribution in [1.82, 2.24) is 10.2 Å². The van der Waals surface area contributed by atoms with E-state index in [2.05, 4.69) is 5.32 Å². The molecule has 1 aliphatic rings. The van der Waals surface area contributed by atoms with E-state index in [4.69, 9.17) is 0 Å². The average molecular weight is 280 g/mol. The number of carbonyl (C=O) groups excluding carboxylic acids is 2. The number of benzene rings is 2. The fourth-order valence-electron chi connectivity index (χ4n) is 2.47. The zero-order valence-corrected chi connectivity index (χ0v) is 11.6. The van der Waals surface area contributed by atoms with Crippen molar-refractivity contribution >= 4 is 11.8 Å². The fourth-order valence-corrected chi connectivity index (χ4v) is 2.47. The minimum Gasteiger partial charge on any atom is -0.350 e. The number of fused-ring (bicyclic) bond motifs is 1. The molecule has 2 amide bonds. The predicted molar refractivity (Wildman–Crippen MR) is 79.5 cm³/mol. The summed E-state index contributed by atoms with van der Waals surface area (Å²) in [6, 6.07) is 17.2. The number of hydrogen-bond donors (Lipinski definition) is 1. The van der Waals surface area contributed by atoms with Crippen LogP contribution in [0, 0.1) is 0 Å². The van der Waals surface area contributed by atoms with Crippen molar-refractivity contribution in [1.29, 1.82) is 0 Å². The molecule has 2 aromatic carbocycles. The lowest BCUT2D eigenvalue weighted by Gasteiger charge is -2.15. The Kier molecular flexibility index (Phi) is 3.69. The van der Waals surface area contributed by atoms with Gasteiger partial charge in [-0.2, -0.15) is 0 Å². The zero-order valence-electron chi connectivity index (χ0n) is 11.6. The molecule has 0 bridgehead atoms. The molecule has 3 rings (SSSR count). The van der Waals surface area contributed by atoms with Crippen LogP contribution in [0.2, 0.25) is 0 Å². The first-order valence-electron chi connectivity index (χ1n) is 6.92. The molecule has 0 atom stereocenters. The normalized spacial score (nSPS) is 13.1. The Morgan fingerprint density at radius 2 is 1.76 bits per heavy atom. The van der Waals surface area contributed by atoms with Crippen LogP contribution in [0.4, 0.5) is 0 Å². The van der Waals surface area contributed by atoms with Gasteiger partial charge in [0.1, 0.15) is 6.54 Å². The molecular formula is C17H16N2O2. The van der Waals surface area contributed by atoms with Gasteiger partial charge in [-0.3, -0.25) is 9.59 Å². The first kappa shape index (κ1) is 13.4. The quantitative estimate of drug-likeness (QED) is 0.930. The molecular weight excluding hydrogens is 264 g/mol. The van der Waals surface area contributed by atoms with Crippen LogP contribution in [-0.4, -0.2) is 23.3 Å². The first-order chi connectivity index (χ1) is 10.2. The molecule has 0 saturated carbocycles. The second kappa shape index (κ2) is 5.79. The Bertz CT molecular complexity index is 668. The van der Waals surface area contributed by atoms with Crippen molar-refractivity contribution in [3.8, 4) is 0 Å². The van der Waals surface area contributed by atoms with E-state index in [0.29, 0.717) is 18.7 Å². The third kappa shape index (κ3) is 2.94. The van der Waals surface area contributed by atoms with E-state index in [-0.39, 0.29) is 18.4 Å². The van der Waals surface area contributed by atoms with E-state index in [1.807, 2.05) is 48.5 Å². The molecule has 1 N–H and O–H groups in total. The molecule has 1 heterocycles. The summed E-state index contributed by atoms with van der Waals surface area (Å²) in [5, 5.41) is 2.84. The van der Waals surface area contributed by atoms with Gasteiger partial charge in [-0.1, -0.05) is 48.5 Å². The highest BCUT2D eigenvalue weighted by atomic mass is 16.2. The minimum atomic E-state index is -0.139. The van der Waals surface area contributed by atoms with E-state index < -0.39 is 0 Å². The Morgan fingerprint density at radius 1 is 1.05 bits per heavy atom. The summed E-state index contributed by atoms with van der Waals surface area (Å²) in [6.45, 7) is 1.09. The number of hydrogen-bond acceptors (Lipinski definition) is 2. The van der Waals surface area contributed by atoms with Crippen LogP contribution in [0.15, 0.2) is 54.6 Å². The molecule has 21 heavy (non-hydrogen) atoms.